The molecule has 2 N–H and O–H groups in total. The first-order valence-corrected chi connectivity index (χ1v) is 5.39. The molecule has 0 fully saturated rings. The summed E-state index contributed by atoms with van der Waals surface area (Å²) in [6.07, 6.45) is 0.979. The van der Waals surface area contributed by atoms with Gasteiger partial charge in [0.1, 0.15) is 5.82 Å². The van der Waals surface area contributed by atoms with Gasteiger partial charge in [0.05, 0.1) is 6.54 Å². The number of anilines is 1. The molecule has 0 aliphatic heterocycles. The van der Waals surface area contributed by atoms with E-state index in [9.17, 15) is 9.18 Å². The van der Waals surface area contributed by atoms with E-state index in [4.69, 9.17) is 0 Å². The molecule has 88 valence electrons. The summed E-state index contributed by atoms with van der Waals surface area (Å²) in [6, 6.07) is 4.47. The topological polar surface area (TPSA) is 41.1 Å². The van der Waals surface area contributed by atoms with E-state index in [2.05, 4.69) is 10.6 Å². The fourth-order valence-electron chi connectivity index (χ4n) is 1.39. The third-order valence-corrected chi connectivity index (χ3v) is 2.04. The molecular weight excluding hydrogens is 207 g/mol. The van der Waals surface area contributed by atoms with Crippen LogP contribution in [0.2, 0.25) is 0 Å². The summed E-state index contributed by atoms with van der Waals surface area (Å²) in [6.45, 7) is 4.87. The van der Waals surface area contributed by atoms with Crippen molar-refractivity contribution in [3.63, 3.8) is 0 Å². The van der Waals surface area contributed by atoms with E-state index < -0.39 is 0 Å². The number of amides is 1. The Labute approximate surface area is 95.0 Å². The van der Waals surface area contributed by atoms with Crippen molar-refractivity contribution in [2.24, 2.45) is 0 Å². The summed E-state index contributed by atoms with van der Waals surface area (Å²) in [5.41, 5.74) is 1.29. The molecule has 4 heteroatoms. The summed E-state index contributed by atoms with van der Waals surface area (Å²) in [4.78, 5) is 11.4. The lowest BCUT2D eigenvalue weighted by atomic mass is 10.2. The van der Waals surface area contributed by atoms with Crippen LogP contribution in [0.3, 0.4) is 0 Å². The van der Waals surface area contributed by atoms with Gasteiger partial charge in [0.25, 0.3) is 0 Å². The first-order chi connectivity index (χ1) is 7.61. The molecule has 0 heterocycles. The Kier molecular flexibility index (Phi) is 4.92. The molecule has 0 aliphatic carbocycles. The van der Waals surface area contributed by atoms with E-state index >= 15 is 0 Å². The predicted molar refractivity (Wildman–Crippen MR) is 62.9 cm³/mol. The standard InChI is InChI=1S/C12H17FN2O/c1-3-4-14-8-12(16)15-11-6-9(2)5-10(13)7-11/h5-7,14H,3-4,8H2,1-2H3,(H,15,16). The minimum absolute atomic E-state index is 0.154. The zero-order valence-corrected chi connectivity index (χ0v) is 9.64. The second-order valence-corrected chi connectivity index (χ2v) is 3.74. The molecule has 0 spiro atoms. The Bertz CT molecular complexity index is 346. The average molecular weight is 224 g/mol. The van der Waals surface area contributed by atoms with Crippen LogP contribution in [0.1, 0.15) is 18.9 Å². The molecule has 0 atom stereocenters. The molecule has 3 nitrogen and oxygen atoms in total. The van der Waals surface area contributed by atoms with Crippen molar-refractivity contribution in [1.82, 2.24) is 5.32 Å². The van der Waals surface area contributed by atoms with Gasteiger partial charge in [-0.1, -0.05) is 6.92 Å². The van der Waals surface area contributed by atoms with Crippen LogP contribution >= 0.6 is 0 Å². The van der Waals surface area contributed by atoms with E-state index in [1.807, 2.05) is 6.92 Å². The number of carbonyl (C=O) groups is 1. The summed E-state index contributed by atoms with van der Waals surface area (Å²) in [5, 5.41) is 5.62. The zero-order valence-electron chi connectivity index (χ0n) is 9.64. The van der Waals surface area contributed by atoms with E-state index in [0.29, 0.717) is 5.69 Å². The second-order valence-electron chi connectivity index (χ2n) is 3.74. The van der Waals surface area contributed by atoms with Crippen LogP contribution in [0.15, 0.2) is 18.2 Å². The van der Waals surface area contributed by atoms with Gasteiger partial charge in [-0.05, 0) is 43.7 Å². The normalized spacial score (nSPS) is 10.2. The Hall–Kier alpha value is -1.42. The van der Waals surface area contributed by atoms with Gasteiger partial charge in [-0.25, -0.2) is 4.39 Å². The van der Waals surface area contributed by atoms with Gasteiger partial charge in [0.15, 0.2) is 0 Å². The molecule has 0 aromatic heterocycles. The van der Waals surface area contributed by atoms with Gasteiger partial charge in [0.2, 0.25) is 5.91 Å². The van der Waals surface area contributed by atoms with Crippen LogP contribution in [0.25, 0.3) is 0 Å². The van der Waals surface area contributed by atoms with Gasteiger partial charge < -0.3 is 10.6 Å². The summed E-state index contributed by atoms with van der Waals surface area (Å²) < 4.78 is 13.0. The maximum atomic E-state index is 13.0. The predicted octanol–water partition coefficient (Wildman–Crippen LogP) is 2.07. The maximum Gasteiger partial charge on any atom is 0.238 e. The Morgan fingerprint density at radius 2 is 2.12 bits per heavy atom. The van der Waals surface area contributed by atoms with E-state index in [0.717, 1.165) is 18.5 Å². The van der Waals surface area contributed by atoms with Crippen molar-refractivity contribution in [2.45, 2.75) is 20.3 Å². The smallest absolute Gasteiger partial charge is 0.238 e. The number of nitrogens with one attached hydrogen (secondary N) is 2. The molecule has 1 rings (SSSR count). The molecule has 0 saturated heterocycles. The molecule has 0 saturated carbocycles. The van der Waals surface area contributed by atoms with Crippen LogP contribution in [0.5, 0.6) is 0 Å². The lowest BCUT2D eigenvalue weighted by molar-refractivity contribution is -0.115. The third kappa shape index (κ3) is 4.40. The minimum Gasteiger partial charge on any atom is -0.325 e. The highest BCUT2D eigenvalue weighted by molar-refractivity contribution is 5.92. The van der Waals surface area contributed by atoms with Crippen LogP contribution in [0, 0.1) is 12.7 Å². The Morgan fingerprint density at radius 1 is 1.38 bits per heavy atom. The number of halogens is 1. The van der Waals surface area contributed by atoms with E-state index in [1.165, 1.54) is 12.1 Å². The van der Waals surface area contributed by atoms with Crippen molar-refractivity contribution in [1.29, 1.82) is 0 Å². The van der Waals surface area contributed by atoms with Crippen molar-refractivity contribution < 1.29 is 9.18 Å². The Morgan fingerprint density at radius 3 is 2.75 bits per heavy atom. The van der Waals surface area contributed by atoms with Gasteiger partial charge in [-0.15, -0.1) is 0 Å². The quantitative estimate of drug-likeness (QED) is 0.752. The molecule has 0 bridgehead atoms. The molecule has 1 amide bonds. The second kappa shape index (κ2) is 6.23. The molecule has 0 aliphatic rings. The lowest BCUT2D eigenvalue weighted by Gasteiger charge is -2.07. The van der Waals surface area contributed by atoms with Crippen molar-refractivity contribution in [3.05, 3.63) is 29.6 Å². The van der Waals surface area contributed by atoms with Crippen LogP contribution in [0.4, 0.5) is 10.1 Å². The highest BCUT2D eigenvalue weighted by Gasteiger charge is 2.03. The van der Waals surface area contributed by atoms with Crippen LogP contribution < -0.4 is 10.6 Å². The maximum absolute atomic E-state index is 13.0. The number of hydrogen-bond acceptors (Lipinski definition) is 2. The number of carbonyl (C=O) groups excluding carboxylic acids is 1. The molecular formula is C12H17FN2O. The van der Waals surface area contributed by atoms with Gasteiger partial charge in [0, 0.05) is 5.69 Å². The average Bonchev–Trinajstić information content (AvgIpc) is 2.16. The Balaban J connectivity index is 2.49. The van der Waals surface area contributed by atoms with Crippen molar-refractivity contribution in [2.75, 3.05) is 18.4 Å². The highest BCUT2D eigenvalue weighted by atomic mass is 19.1. The monoisotopic (exact) mass is 224 g/mol. The first-order valence-electron chi connectivity index (χ1n) is 5.39. The van der Waals surface area contributed by atoms with E-state index in [1.54, 1.807) is 13.0 Å². The molecule has 0 radical (unpaired) electrons. The number of aryl methyl sites for hydroxylation is 1. The van der Waals surface area contributed by atoms with Crippen molar-refractivity contribution in [3.8, 4) is 0 Å². The molecule has 16 heavy (non-hydrogen) atoms. The fraction of sp³-hybridized carbons (Fsp3) is 0.417. The highest BCUT2D eigenvalue weighted by Crippen LogP contribution is 2.12. The third-order valence-electron chi connectivity index (χ3n) is 2.04. The van der Waals surface area contributed by atoms with Crippen LogP contribution in [-0.2, 0) is 4.79 Å². The summed E-state index contributed by atoms with van der Waals surface area (Å²) in [5.74, 6) is -0.490. The number of benzene rings is 1. The van der Waals surface area contributed by atoms with E-state index in [-0.39, 0.29) is 18.3 Å². The van der Waals surface area contributed by atoms with Gasteiger partial charge in [-0.3, -0.25) is 4.79 Å². The molecule has 0 unspecified atom stereocenters. The molecule has 1 aromatic carbocycles. The fourth-order valence-corrected chi connectivity index (χ4v) is 1.39. The number of rotatable bonds is 5. The SMILES string of the molecule is CCCNCC(=O)Nc1cc(C)cc(F)c1. The summed E-state index contributed by atoms with van der Waals surface area (Å²) in [7, 11) is 0. The van der Waals surface area contributed by atoms with Crippen molar-refractivity contribution >= 4 is 11.6 Å². The summed E-state index contributed by atoms with van der Waals surface area (Å²) >= 11 is 0. The first kappa shape index (κ1) is 12.6. The van der Waals surface area contributed by atoms with Gasteiger partial charge >= 0.3 is 0 Å². The molecule has 1 aromatic rings. The lowest BCUT2D eigenvalue weighted by Crippen LogP contribution is -2.28. The van der Waals surface area contributed by atoms with Gasteiger partial charge in [-0.2, -0.15) is 0 Å². The van der Waals surface area contributed by atoms with Crippen LogP contribution in [-0.4, -0.2) is 19.0 Å². The zero-order chi connectivity index (χ0) is 12.0. The largest absolute Gasteiger partial charge is 0.325 e. The minimum atomic E-state index is -0.336. The number of hydrogen-bond donors (Lipinski definition) is 2.